The SMILES string of the molecule is C.C.C.C.C.C.C.C.C.C.C.C.C.CC.CC.CC.CC.CC.CC.CC.CC.CC.CC.CC.CC.CC.CC.CC.CC.CCN1c2c(ccc3c2N(C)[C@@H](C)[C@H]3C)[C@@H](C)[C@H]1C.CCN1c2c3c(c4c(c2[C@H](C)[C@@H]1C)N(CC)[C@@H](C)[C@H]4C)N(C)[C@@H](C)[C@H]3C.CCN1c2cc3c(cc2[C@H](C)[C@@H]1C)N(C)[C@@H](C)[C@H]3C.CCN1c2ccc3c(c2[C@H](C)[C@@H]1C)N(C)[C@@H](C)[C@H]3C.C[C@@H]1C[C@H](C)[C@H](C)N(C)[C@@H]1C.C[C@@H]1[C@H](C)[C@H](C)N(C)[C@@H]1C. The average Bonchev–Trinajstić information content (AvgIpc) is 1.52. The number of benzene rings is 4. The highest BCUT2D eigenvalue weighted by atomic mass is 15.3. The van der Waals surface area contributed by atoms with Crippen molar-refractivity contribution in [3.8, 4) is 0 Å². The van der Waals surface area contributed by atoms with Gasteiger partial charge in [-0.2, -0.15) is 0 Å². The number of likely N-dealkylation sites (N-methyl/N-ethyl adjacent to an activating group) is 9. The number of anilines is 9. The van der Waals surface area contributed by atoms with Crippen molar-refractivity contribution in [2.24, 2.45) is 23.7 Å². The normalized spacial score (nSPS) is 26.2. The van der Waals surface area contributed by atoms with E-state index in [0.717, 1.165) is 80.6 Å². The van der Waals surface area contributed by atoms with Crippen molar-refractivity contribution >= 4 is 51.2 Å². The largest absolute Gasteiger partial charge is 0.371 e. The quantitative estimate of drug-likeness (QED) is 0.192. The molecule has 2 fully saturated rings. The van der Waals surface area contributed by atoms with Gasteiger partial charge in [0.25, 0.3) is 0 Å². The summed E-state index contributed by atoms with van der Waals surface area (Å²) >= 11 is 0. The molecule has 0 radical (unpaired) electrons. The number of piperidine rings is 1. The molecule has 4 aromatic carbocycles. The monoisotopic (exact) mass is 2120 g/mol. The summed E-state index contributed by atoms with van der Waals surface area (Å²) in [4.78, 5) is 28.1. The molecular formula is C138H303N11. The number of rotatable bonds is 5. The van der Waals surface area contributed by atoms with Crippen LogP contribution < -0.4 is 44.1 Å². The number of hydrogen-bond acceptors (Lipinski definition) is 11. The Morgan fingerprint density at radius 3 is 0.705 bits per heavy atom. The molecule has 11 heterocycles. The molecule has 26 atom stereocenters. The lowest BCUT2D eigenvalue weighted by atomic mass is 9.82. The van der Waals surface area contributed by atoms with Crippen molar-refractivity contribution in [1.82, 2.24) is 9.80 Å². The Morgan fingerprint density at radius 1 is 0.181 bits per heavy atom. The zero-order valence-corrected chi connectivity index (χ0v) is 106. The highest BCUT2D eigenvalue weighted by Crippen LogP contribution is 2.63. The van der Waals surface area contributed by atoms with Crippen LogP contribution in [-0.4, -0.2) is 163 Å². The molecular weight excluding hydrogens is 1810 g/mol. The molecule has 149 heavy (non-hydrogen) atoms. The van der Waals surface area contributed by atoms with Gasteiger partial charge in [0.2, 0.25) is 0 Å². The van der Waals surface area contributed by atoms with Crippen LogP contribution >= 0.6 is 0 Å². The van der Waals surface area contributed by atoms with Crippen molar-refractivity contribution in [1.29, 1.82) is 0 Å². The van der Waals surface area contributed by atoms with Crippen molar-refractivity contribution in [3.63, 3.8) is 0 Å². The van der Waals surface area contributed by atoms with Gasteiger partial charge in [-0.05, 0) is 215 Å². The molecule has 11 heteroatoms. The van der Waals surface area contributed by atoms with Crippen molar-refractivity contribution in [2.75, 3.05) is 119 Å². The fraction of sp³-hybridized carbons (Fsp3) is 0.826. The van der Waals surface area contributed by atoms with Gasteiger partial charge in [-0.3, -0.25) is 0 Å². The number of nitrogens with zero attached hydrogens (tertiary/aromatic N) is 11. The minimum absolute atomic E-state index is 0. The number of fused-ring (bicyclic) bond motifs is 14. The van der Waals surface area contributed by atoms with Crippen LogP contribution in [0.2, 0.25) is 0 Å². The van der Waals surface area contributed by atoms with Crippen LogP contribution in [-0.2, 0) is 0 Å². The first-order valence-corrected chi connectivity index (χ1v) is 58.7. The third-order valence-corrected chi connectivity index (χ3v) is 32.8. The molecule has 11 aliphatic rings. The Morgan fingerprint density at radius 2 is 0.383 bits per heavy atom. The summed E-state index contributed by atoms with van der Waals surface area (Å²) in [5, 5.41) is 0. The van der Waals surface area contributed by atoms with Gasteiger partial charge in [-0.15, -0.1) is 0 Å². The van der Waals surface area contributed by atoms with Crippen LogP contribution in [0.25, 0.3) is 0 Å². The Bertz CT molecular complexity index is 3560. The Balaban J connectivity index is -0.0000000703. The molecule has 11 nitrogen and oxygen atoms in total. The molecule has 910 valence electrons. The van der Waals surface area contributed by atoms with Gasteiger partial charge in [0.05, 0.1) is 11.4 Å². The van der Waals surface area contributed by atoms with Gasteiger partial charge in [-0.25, -0.2) is 0 Å². The molecule has 0 saturated carbocycles. The lowest BCUT2D eigenvalue weighted by Crippen LogP contribution is -2.48. The van der Waals surface area contributed by atoms with Crippen LogP contribution in [0.1, 0.15) is 642 Å². The molecule has 2 saturated heterocycles. The molecule has 0 amide bonds. The predicted octanol–water partition coefficient (Wildman–Crippen LogP) is 46.2. The van der Waals surface area contributed by atoms with E-state index in [9.17, 15) is 0 Å². The molecule has 0 unspecified atom stereocenters. The Kier molecular flexibility index (Phi) is 125. The second-order valence-electron chi connectivity index (χ2n) is 36.5. The summed E-state index contributed by atoms with van der Waals surface area (Å²) in [5.74, 6) is 9.07. The maximum Gasteiger partial charge on any atom is 0.0645 e. The summed E-state index contributed by atoms with van der Waals surface area (Å²) in [6.07, 6.45) is 1.40. The summed E-state index contributed by atoms with van der Waals surface area (Å²) in [6, 6.07) is 22.9. The predicted molar refractivity (Wildman–Crippen MR) is 729 cm³/mol. The first kappa shape index (κ1) is 192. The van der Waals surface area contributed by atoms with Gasteiger partial charge in [0, 0.05) is 255 Å². The molecule has 11 aliphatic heterocycles. The maximum atomic E-state index is 2.70. The van der Waals surface area contributed by atoms with Crippen molar-refractivity contribution in [2.45, 2.75) is 671 Å². The average molecular weight is 2120 g/mol. The van der Waals surface area contributed by atoms with Crippen molar-refractivity contribution in [3.05, 3.63) is 86.5 Å². The fourth-order valence-corrected chi connectivity index (χ4v) is 22.3. The molecule has 0 bridgehead atoms. The third-order valence-electron chi connectivity index (χ3n) is 32.8. The van der Waals surface area contributed by atoms with Crippen LogP contribution in [0.5, 0.6) is 0 Å². The molecule has 15 rings (SSSR count). The Hall–Kier alpha value is -5.00. The van der Waals surface area contributed by atoms with E-state index in [4.69, 9.17) is 0 Å². The second-order valence-corrected chi connectivity index (χ2v) is 36.5. The maximum absolute atomic E-state index is 2.70. The van der Waals surface area contributed by atoms with E-state index in [1.54, 1.807) is 56.0 Å². The smallest absolute Gasteiger partial charge is 0.0645 e. The van der Waals surface area contributed by atoms with Gasteiger partial charge >= 0.3 is 0 Å². The summed E-state index contributed by atoms with van der Waals surface area (Å²) in [5.41, 5.74) is 27.9. The standard InChI is InChI=1S/C23H37N3.3C17H26N2.C10H21N.C9H19N.16C2H6.13CH4/c1-10-25-16(7)13(4)19-21-18(12(3)15(6)24(21)9)22-20(23(19)25)14(5)17(8)26(22)11-2;1-7-19-13(5)11(3)15-8-16-14(9-17(15)19)10(2)12(4)18(16)6;1-7-19-13(5)11(3)16-15(19)9-8-14-10(2)12(4)18(6)17(14)16;1-7-19-13(5)11(3)15-9-8-14-10(2)12(4)18(6)16(14)17(15)19;1-7-6-8(2)10(4)11(5)9(7)3;1-6-7(2)9(4)10(5)8(6)3;16*1-2;;;;;;;;;;;;;/h12-17H,10-11H2,1-9H3;3*8-13H,7H2,1-6H3;7-10H,6H2,1-5H3;6-9H,1-5H3;16*1-2H3;13*1H4/t12-,13-,14-,15+,16+,17+;2*10-,11-,12+,13+;10-,11+,12+,13-;7-,8+,9-,10+;6-,7+,8-,9+;;;;;;;;;;;;;;;;;;;;;;;;;;;;;/m1111.............................../s1. The van der Waals surface area contributed by atoms with Gasteiger partial charge < -0.3 is 53.9 Å². The lowest BCUT2D eigenvalue weighted by Gasteiger charge is -2.44. The minimum Gasteiger partial charge on any atom is -0.371 e. The van der Waals surface area contributed by atoms with E-state index in [1.807, 2.05) is 222 Å². The van der Waals surface area contributed by atoms with Crippen LogP contribution in [0.15, 0.2) is 36.4 Å². The number of hydrogen-bond donors (Lipinski definition) is 0. The zero-order valence-electron chi connectivity index (χ0n) is 106. The van der Waals surface area contributed by atoms with Gasteiger partial charge in [-0.1, -0.05) is 426 Å². The molecule has 0 aliphatic carbocycles. The highest BCUT2D eigenvalue weighted by Gasteiger charge is 2.51. The van der Waals surface area contributed by atoms with E-state index in [1.165, 1.54) is 51.7 Å². The minimum atomic E-state index is 0. The van der Waals surface area contributed by atoms with E-state index >= 15 is 0 Å². The Labute approximate surface area is 955 Å². The summed E-state index contributed by atoms with van der Waals surface area (Å²) in [7, 11) is 13.6. The van der Waals surface area contributed by atoms with Gasteiger partial charge in [0.15, 0.2) is 0 Å². The fourth-order valence-electron chi connectivity index (χ4n) is 22.3. The van der Waals surface area contributed by atoms with Crippen LogP contribution in [0.4, 0.5) is 51.2 Å². The third kappa shape index (κ3) is 41.1. The lowest BCUT2D eigenvalue weighted by molar-refractivity contribution is 0.0519. The van der Waals surface area contributed by atoms with Crippen LogP contribution in [0, 0.1) is 23.7 Å². The molecule has 0 N–H and O–H groups in total. The van der Waals surface area contributed by atoms with E-state index in [-0.39, 0.29) is 96.5 Å². The summed E-state index contributed by atoms with van der Waals surface area (Å²) in [6.45, 7) is 143. The van der Waals surface area contributed by atoms with E-state index < -0.39 is 0 Å². The zero-order chi connectivity index (χ0) is 109. The first-order valence-electron chi connectivity index (χ1n) is 58.7. The van der Waals surface area contributed by atoms with Crippen LogP contribution in [0.3, 0.4) is 0 Å². The molecule has 0 spiro atoms. The van der Waals surface area contributed by atoms with E-state index in [0.29, 0.717) is 108 Å². The molecule has 0 aromatic heterocycles. The topological polar surface area (TPSA) is 35.6 Å². The second kappa shape index (κ2) is 97.5. The molecule has 4 aromatic rings. The number of likely N-dealkylation sites (tertiary alicyclic amines) is 2. The van der Waals surface area contributed by atoms with E-state index in [2.05, 4.69) is 347 Å². The first-order chi connectivity index (χ1) is 64.8. The highest BCUT2D eigenvalue weighted by molar-refractivity contribution is 5.92. The van der Waals surface area contributed by atoms with Gasteiger partial charge in [0.1, 0.15) is 0 Å². The van der Waals surface area contributed by atoms with Crippen molar-refractivity contribution < 1.29 is 0 Å². The summed E-state index contributed by atoms with van der Waals surface area (Å²) < 4.78 is 0.